The van der Waals surface area contributed by atoms with Gasteiger partial charge >= 0.3 is 6.36 Å². The number of hydrogen-bond acceptors (Lipinski definition) is 3. The minimum absolute atomic E-state index is 0.219. The second-order valence-electron chi connectivity index (χ2n) is 4.59. The molecule has 2 aromatic rings. The van der Waals surface area contributed by atoms with Gasteiger partial charge in [0.05, 0.1) is 5.56 Å². The van der Waals surface area contributed by atoms with Crippen LogP contribution in [0.2, 0.25) is 0 Å². The van der Waals surface area contributed by atoms with Gasteiger partial charge in [-0.15, -0.1) is 13.2 Å². The number of carbonyl (C=O) groups excluding carboxylic acids is 1. The lowest BCUT2D eigenvalue weighted by atomic mass is 10.2. The van der Waals surface area contributed by atoms with Crippen LogP contribution in [0.5, 0.6) is 5.75 Å². The summed E-state index contributed by atoms with van der Waals surface area (Å²) in [5.74, 6) is -0.513. The Morgan fingerprint density at radius 3 is 2.45 bits per heavy atom. The van der Waals surface area contributed by atoms with Crippen LogP contribution in [0, 0.1) is 0 Å². The molecule has 0 spiro atoms. The largest absolute Gasteiger partial charge is 0.573 e. The summed E-state index contributed by atoms with van der Waals surface area (Å²) in [4.78, 5) is 17.4. The summed E-state index contributed by atoms with van der Waals surface area (Å²) >= 11 is 0. The Labute approximate surface area is 125 Å². The van der Waals surface area contributed by atoms with E-state index in [0.29, 0.717) is 11.1 Å². The average Bonchev–Trinajstić information content (AvgIpc) is 2.48. The van der Waals surface area contributed by atoms with Crippen molar-refractivity contribution in [2.45, 2.75) is 12.9 Å². The van der Waals surface area contributed by atoms with Crippen molar-refractivity contribution in [3.05, 3.63) is 59.9 Å². The van der Waals surface area contributed by atoms with Crippen molar-refractivity contribution in [1.82, 2.24) is 9.88 Å². The fraction of sp³-hybridized carbons (Fsp3) is 0.200. The number of halogens is 3. The van der Waals surface area contributed by atoms with E-state index >= 15 is 0 Å². The number of rotatable bonds is 4. The Hall–Kier alpha value is -2.57. The predicted molar refractivity (Wildman–Crippen MR) is 73.2 cm³/mol. The molecule has 1 aromatic carbocycles. The molecule has 7 heteroatoms. The Bertz CT molecular complexity index is 627. The van der Waals surface area contributed by atoms with Crippen LogP contribution in [0.25, 0.3) is 0 Å². The van der Waals surface area contributed by atoms with Gasteiger partial charge in [-0.2, -0.15) is 0 Å². The van der Waals surface area contributed by atoms with Crippen molar-refractivity contribution >= 4 is 5.91 Å². The Morgan fingerprint density at radius 1 is 1.23 bits per heavy atom. The van der Waals surface area contributed by atoms with E-state index in [4.69, 9.17) is 0 Å². The first kappa shape index (κ1) is 15.8. The van der Waals surface area contributed by atoms with Gasteiger partial charge in [0.15, 0.2) is 0 Å². The van der Waals surface area contributed by atoms with Gasteiger partial charge in [-0.3, -0.25) is 9.78 Å². The second-order valence-corrected chi connectivity index (χ2v) is 4.59. The molecule has 0 N–H and O–H groups in total. The van der Waals surface area contributed by atoms with Gasteiger partial charge in [0, 0.05) is 26.0 Å². The molecule has 2 rings (SSSR count). The zero-order valence-corrected chi connectivity index (χ0v) is 11.7. The van der Waals surface area contributed by atoms with Gasteiger partial charge in [-0.25, -0.2) is 0 Å². The summed E-state index contributed by atoms with van der Waals surface area (Å²) in [7, 11) is 1.61. The monoisotopic (exact) mass is 310 g/mol. The van der Waals surface area contributed by atoms with E-state index in [9.17, 15) is 18.0 Å². The zero-order chi connectivity index (χ0) is 16.2. The second kappa shape index (κ2) is 6.46. The Balaban J connectivity index is 2.00. The quantitative estimate of drug-likeness (QED) is 0.870. The number of benzene rings is 1. The SMILES string of the molecule is CN(Cc1ccc(OC(F)(F)F)cc1)C(=O)c1cccnc1. The lowest BCUT2D eigenvalue weighted by Gasteiger charge is -2.17. The first-order chi connectivity index (χ1) is 10.3. The van der Waals surface area contributed by atoms with Gasteiger partial charge in [-0.1, -0.05) is 12.1 Å². The highest BCUT2D eigenvalue weighted by atomic mass is 19.4. The van der Waals surface area contributed by atoms with Gasteiger partial charge in [0.1, 0.15) is 5.75 Å². The lowest BCUT2D eigenvalue weighted by Crippen LogP contribution is -2.26. The normalized spacial score (nSPS) is 11.1. The summed E-state index contributed by atoms with van der Waals surface area (Å²) in [6.45, 7) is 0.264. The average molecular weight is 310 g/mol. The molecule has 0 saturated carbocycles. The standard InChI is InChI=1S/C15H13F3N2O2/c1-20(14(21)12-3-2-8-19-9-12)10-11-4-6-13(7-5-11)22-15(16,17)18/h2-9H,10H2,1H3. The van der Waals surface area contributed by atoms with Crippen molar-refractivity contribution in [2.75, 3.05) is 7.05 Å². The molecule has 0 aliphatic rings. The van der Waals surface area contributed by atoms with Crippen LogP contribution >= 0.6 is 0 Å². The predicted octanol–water partition coefficient (Wildman–Crippen LogP) is 3.25. The highest BCUT2D eigenvalue weighted by Crippen LogP contribution is 2.23. The first-order valence-corrected chi connectivity index (χ1v) is 6.35. The Kier molecular flexibility index (Phi) is 4.65. The van der Waals surface area contributed by atoms with E-state index in [2.05, 4.69) is 9.72 Å². The van der Waals surface area contributed by atoms with Gasteiger partial charge < -0.3 is 9.64 Å². The molecule has 0 radical (unpaired) electrons. The summed E-state index contributed by atoms with van der Waals surface area (Å²) in [6.07, 6.45) is -1.69. The van der Waals surface area contributed by atoms with Gasteiger partial charge in [0.25, 0.3) is 5.91 Å². The van der Waals surface area contributed by atoms with Crippen molar-refractivity contribution in [2.24, 2.45) is 0 Å². The number of aromatic nitrogens is 1. The van der Waals surface area contributed by atoms with Crippen molar-refractivity contribution in [1.29, 1.82) is 0 Å². The van der Waals surface area contributed by atoms with Gasteiger partial charge in [0.2, 0.25) is 0 Å². The molecule has 0 unspecified atom stereocenters. The maximum atomic E-state index is 12.1. The molecule has 1 amide bonds. The molecule has 0 aliphatic carbocycles. The molecular weight excluding hydrogens is 297 g/mol. The summed E-state index contributed by atoms with van der Waals surface area (Å²) in [6, 6.07) is 8.69. The third kappa shape index (κ3) is 4.47. The maximum Gasteiger partial charge on any atom is 0.573 e. The molecule has 0 saturated heterocycles. The minimum Gasteiger partial charge on any atom is -0.406 e. The van der Waals surface area contributed by atoms with Crippen LogP contribution in [-0.2, 0) is 6.54 Å². The minimum atomic E-state index is -4.71. The topological polar surface area (TPSA) is 42.4 Å². The maximum absolute atomic E-state index is 12.1. The van der Waals surface area contributed by atoms with Crippen LogP contribution in [0.4, 0.5) is 13.2 Å². The van der Waals surface area contributed by atoms with Crippen molar-refractivity contribution in [3.63, 3.8) is 0 Å². The third-order valence-corrected chi connectivity index (χ3v) is 2.83. The van der Waals surface area contributed by atoms with Crippen LogP contribution < -0.4 is 4.74 Å². The highest BCUT2D eigenvalue weighted by Gasteiger charge is 2.30. The molecule has 116 valence electrons. The summed E-state index contributed by atoms with van der Waals surface area (Å²) in [5, 5.41) is 0. The van der Waals surface area contributed by atoms with Crippen LogP contribution in [-0.4, -0.2) is 29.2 Å². The first-order valence-electron chi connectivity index (χ1n) is 6.35. The summed E-state index contributed by atoms with van der Waals surface area (Å²) in [5.41, 5.74) is 1.14. The van der Waals surface area contributed by atoms with E-state index in [1.807, 2.05) is 0 Å². The highest BCUT2D eigenvalue weighted by molar-refractivity contribution is 5.93. The number of hydrogen-bond donors (Lipinski definition) is 0. The third-order valence-electron chi connectivity index (χ3n) is 2.83. The number of amides is 1. The number of nitrogens with zero attached hydrogens (tertiary/aromatic N) is 2. The summed E-state index contributed by atoms with van der Waals surface area (Å²) < 4.78 is 40.0. The molecule has 0 bridgehead atoms. The number of pyridine rings is 1. The van der Waals surface area contributed by atoms with E-state index in [1.54, 1.807) is 25.4 Å². The van der Waals surface area contributed by atoms with E-state index < -0.39 is 6.36 Å². The fourth-order valence-electron chi connectivity index (χ4n) is 1.85. The van der Waals surface area contributed by atoms with Crippen LogP contribution in [0.1, 0.15) is 15.9 Å². The van der Waals surface area contributed by atoms with E-state index in [1.165, 1.54) is 35.4 Å². The number of alkyl halides is 3. The molecule has 22 heavy (non-hydrogen) atoms. The van der Waals surface area contributed by atoms with E-state index in [0.717, 1.165) is 0 Å². The number of carbonyl (C=O) groups is 1. The molecule has 1 heterocycles. The van der Waals surface area contributed by atoms with E-state index in [-0.39, 0.29) is 18.2 Å². The fourth-order valence-corrected chi connectivity index (χ4v) is 1.85. The molecule has 1 aromatic heterocycles. The Morgan fingerprint density at radius 2 is 1.91 bits per heavy atom. The van der Waals surface area contributed by atoms with Crippen molar-refractivity contribution in [3.8, 4) is 5.75 Å². The zero-order valence-electron chi connectivity index (χ0n) is 11.7. The molecule has 0 fully saturated rings. The van der Waals surface area contributed by atoms with Crippen LogP contribution in [0.3, 0.4) is 0 Å². The molecule has 0 aliphatic heterocycles. The van der Waals surface area contributed by atoms with Gasteiger partial charge in [-0.05, 0) is 29.8 Å². The molecule has 4 nitrogen and oxygen atoms in total. The smallest absolute Gasteiger partial charge is 0.406 e. The van der Waals surface area contributed by atoms with Crippen molar-refractivity contribution < 1.29 is 22.7 Å². The number of ether oxygens (including phenoxy) is 1. The van der Waals surface area contributed by atoms with Crippen LogP contribution in [0.15, 0.2) is 48.8 Å². The molecule has 0 atom stereocenters. The lowest BCUT2D eigenvalue weighted by molar-refractivity contribution is -0.274. The molecular formula is C15H13F3N2O2.